The van der Waals surface area contributed by atoms with Crippen LogP contribution < -0.4 is 16.8 Å². The number of carbonyl (C=O) groups is 1. The first-order valence-electron chi connectivity index (χ1n) is 8.18. The minimum Gasteiger partial charge on any atom is -0.398 e. The molecule has 0 radical (unpaired) electrons. The first kappa shape index (κ1) is 16.2. The summed E-state index contributed by atoms with van der Waals surface area (Å²) in [5.74, 6) is 0.0490. The molecule has 1 atom stereocenters. The van der Waals surface area contributed by atoms with Crippen molar-refractivity contribution in [3.8, 4) is 0 Å². The molecule has 1 heterocycles. The molecule has 5 N–H and O–H groups in total. The lowest BCUT2D eigenvalue weighted by Crippen LogP contribution is -2.28. The minimum atomic E-state index is -0.534. The van der Waals surface area contributed by atoms with E-state index in [0.717, 1.165) is 18.8 Å². The lowest BCUT2D eigenvalue weighted by Gasteiger charge is -2.23. The van der Waals surface area contributed by atoms with Crippen LogP contribution in [0.2, 0.25) is 0 Å². The van der Waals surface area contributed by atoms with Crippen LogP contribution in [-0.4, -0.2) is 25.2 Å². The number of anilines is 1. The molecule has 0 bridgehead atoms. The number of hydrogen-bond donors (Lipinski definition) is 3. The van der Waals surface area contributed by atoms with E-state index in [-0.39, 0.29) is 0 Å². The van der Waals surface area contributed by atoms with Gasteiger partial charge in [0.05, 0.1) is 16.9 Å². The van der Waals surface area contributed by atoms with Crippen LogP contribution in [0.5, 0.6) is 0 Å². The van der Waals surface area contributed by atoms with Gasteiger partial charge in [0.25, 0.3) is 5.91 Å². The highest BCUT2D eigenvalue weighted by atomic mass is 16.1. The van der Waals surface area contributed by atoms with Gasteiger partial charge in [-0.1, -0.05) is 24.3 Å². The number of primary amides is 1. The highest BCUT2D eigenvalue weighted by molar-refractivity contribution is 6.02. The Kier molecular flexibility index (Phi) is 4.91. The number of aliphatic imine (C=N–C) groups is 1. The smallest absolute Gasteiger partial charge is 0.250 e. The fourth-order valence-corrected chi connectivity index (χ4v) is 3.02. The Morgan fingerprint density at radius 3 is 2.67 bits per heavy atom. The molecule has 24 heavy (non-hydrogen) atoms. The molecule has 1 fully saturated rings. The van der Waals surface area contributed by atoms with Crippen LogP contribution in [-0.2, 0) is 0 Å². The Balaban J connectivity index is 1.75. The standard InChI is InChI=1S/C19H22N4O/c20-18-15(3-1-5-17(18)19(21)24)12-23-16-8-6-13(7-9-16)14-4-2-10-22-11-14/h1,3,5-9,12,14,22H,2,4,10-11,20H2,(H2,21,24)/t14-/m1/s1. The number of nitrogens with two attached hydrogens (primary N) is 2. The van der Waals surface area contributed by atoms with E-state index in [4.69, 9.17) is 11.5 Å². The second-order valence-corrected chi connectivity index (χ2v) is 6.07. The van der Waals surface area contributed by atoms with E-state index >= 15 is 0 Å². The molecule has 5 nitrogen and oxygen atoms in total. The summed E-state index contributed by atoms with van der Waals surface area (Å²) >= 11 is 0. The molecular weight excluding hydrogens is 300 g/mol. The predicted octanol–water partition coefficient (Wildman–Crippen LogP) is 2.59. The third-order valence-electron chi connectivity index (χ3n) is 4.42. The second kappa shape index (κ2) is 7.27. The second-order valence-electron chi connectivity index (χ2n) is 6.07. The fourth-order valence-electron chi connectivity index (χ4n) is 3.02. The molecule has 1 aliphatic heterocycles. The maximum Gasteiger partial charge on any atom is 0.250 e. The number of piperidine rings is 1. The number of benzene rings is 2. The van der Waals surface area contributed by atoms with E-state index in [1.807, 2.05) is 18.2 Å². The van der Waals surface area contributed by atoms with Crippen molar-refractivity contribution in [2.45, 2.75) is 18.8 Å². The van der Waals surface area contributed by atoms with Crippen molar-refractivity contribution in [3.63, 3.8) is 0 Å². The third kappa shape index (κ3) is 3.63. The van der Waals surface area contributed by atoms with Gasteiger partial charge in [-0.05, 0) is 49.1 Å². The van der Waals surface area contributed by atoms with Crippen molar-refractivity contribution in [3.05, 3.63) is 59.2 Å². The highest BCUT2D eigenvalue weighted by Crippen LogP contribution is 2.25. The van der Waals surface area contributed by atoms with Crippen molar-refractivity contribution in [2.75, 3.05) is 18.8 Å². The topological polar surface area (TPSA) is 93.5 Å². The molecule has 3 rings (SSSR count). The summed E-state index contributed by atoms with van der Waals surface area (Å²) in [6, 6.07) is 13.5. The average Bonchev–Trinajstić information content (AvgIpc) is 2.62. The summed E-state index contributed by atoms with van der Waals surface area (Å²) in [5.41, 5.74) is 14.8. The Morgan fingerprint density at radius 1 is 1.21 bits per heavy atom. The quantitative estimate of drug-likeness (QED) is 0.596. The van der Waals surface area contributed by atoms with Crippen LogP contribution in [0.1, 0.15) is 40.2 Å². The third-order valence-corrected chi connectivity index (χ3v) is 4.42. The zero-order valence-corrected chi connectivity index (χ0v) is 13.5. The Morgan fingerprint density at radius 2 is 2.00 bits per heavy atom. The number of rotatable bonds is 4. The number of nitrogens with one attached hydrogen (secondary N) is 1. The normalized spacial score (nSPS) is 17.9. The Hall–Kier alpha value is -2.66. The highest BCUT2D eigenvalue weighted by Gasteiger charge is 2.14. The SMILES string of the molecule is NC(=O)c1cccc(C=Nc2ccc([C@@H]3CCCNC3)cc2)c1N. The lowest BCUT2D eigenvalue weighted by atomic mass is 9.92. The Labute approximate surface area is 141 Å². The summed E-state index contributed by atoms with van der Waals surface area (Å²) < 4.78 is 0. The van der Waals surface area contributed by atoms with Crippen LogP contribution in [0.15, 0.2) is 47.5 Å². The largest absolute Gasteiger partial charge is 0.398 e. The van der Waals surface area contributed by atoms with E-state index in [0.29, 0.717) is 22.7 Å². The van der Waals surface area contributed by atoms with Crippen LogP contribution in [0.4, 0.5) is 11.4 Å². The van der Waals surface area contributed by atoms with Gasteiger partial charge in [0.2, 0.25) is 0 Å². The molecule has 0 saturated carbocycles. The molecular formula is C19H22N4O. The van der Waals surface area contributed by atoms with E-state index in [1.165, 1.54) is 18.4 Å². The van der Waals surface area contributed by atoms with Gasteiger partial charge in [-0.2, -0.15) is 0 Å². The number of amides is 1. The summed E-state index contributed by atoms with van der Waals surface area (Å²) in [6.07, 6.45) is 4.12. The fraction of sp³-hybridized carbons (Fsp3) is 0.263. The van der Waals surface area contributed by atoms with Crippen LogP contribution >= 0.6 is 0 Å². The molecule has 2 aromatic carbocycles. The summed E-state index contributed by atoms with van der Waals surface area (Å²) in [7, 11) is 0. The maximum atomic E-state index is 11.3. The monoisotopic (exact) mass is 322 g/mol. The molecule has 1 saturated heterocycles. The minimum absolute atomic E-state index is 0.319. The molecule has 0 aliphatic carbocycles. The number of nitrogens with zero attached hydrogens (tertiary/aromatic N) is 1. The van der Waals surface area contributed by atoms with E-state index in [1.54, 1.807) is 18.3 Å². The molecule has 0 spiro atoms. The van der Waals surface area contributed by atoms with Gasteiger partial charge in [-0.3, -0.25) is 9.79 Å². The maximum absolute atomic E-state index is 11.3. The molecule has 124 valence electrons. The summed E-state index contributed by atoms with van der Waals surface area (Å²) in [5, 5.41) is 3.43. The van der Waals surface area contributed by atoms with Crippen molar-refractivity contribution < 1.29 is 4.79 Å². The molecule has 1 aliphatic rings. The molecule has 5 heteroatoms. The first-order chi connectivity index (χ1) is 11.6. The van der Waals surface area contributed by atoms with Gasteiger partial charge < -0.3 is 16.8 Å². The Bertz CT molecular complexity index is 746. The van der Waals surface area contributed by atoms with E-state index in [9.17, 15) is 4.79 Å². The average molecular weight is 322 g/mol. The predicted molar refractivity (Wildman–Crippen MR) is 97.9 cm³/mol. The van der Waals surface area contributed by atoms with Crippen molar-refractivity contribution in [2.24, 2.45) is 10.7 Å². The van der Waals surface area contributed by atoms with Gasteiger partial charge in [0, 0.05) is 18.3 Å². The van der Waals surface area contributed by atoms with Gasteiger partial charge >= 0.3 is 0 Å². The molecule has 1 amide bonds. The number of hydrogen-bond acceptors (Lipinski definition) is 4. The van der Waals surface area contributed by atoms with Crippen molar-refractivity contribution in [1.29, 1.82) is 0 Å². The van der Waals surface area contributed by atoms with Crippen LogP contribution in [0, 0.1) is 0 Å². The first-order valence-corrected chi connectivity index (χ1v) is 8.18. The summed E-state index contributed by atoms with van der Waals surface area (Å²) in [6.45, 7) is 2.16. The van der Waals surface area contributed by atoms with Crippen molar-refractivity contribution >= 4 is 23.5 Å². The molecule has 2 aromatic rings. The van der Waals surface area contributed by atoms with Crippen molar-refractivity contribution in [1.82, 2.24) is 5.32 Å². The van der Waals surface area contributed by atoms with Gasteiger partial charge in [0.1, 0.15) is 0 Å². The zero-order valence-electron chi connectivity index (χ0n) is 13.5. The zero-order chi connectivity index (χ0) is 16.9. The molecule has 0 aromatic heterocycles. The number of carbonyl (C=O) groups excluding carboxylic acids is 1. The van der Waals surface area contributed by atoms with E-state index in [2.05, 4.69) is 22.4 Å². The van der Waals surface area contributed by atoms with E-state index < -0.39 is 5.91 Å². The number of para-hydroxylation sites is 1. The van der Waals surface area contributed by atoms with Gasteiger partial charge in [-0.25, -0.2) is 0 Å². The number of nitrogen functional groups attached to an aromatic ring is 1. The lowest BCUT2D eigenvalue weighted by molar-refractivity contribution is 0.100. The van der Waals surface area contributed by atoms with Crippen LogP contribution in [0.25, 0.3) is 0 Å². The van der Waals surface area contributed by atoms with Gasteiger partial charge in [0.15, 0.2) is 0 Å². The van der Waals surface area contributed by atoms with Gasteiger partial charge in [-0.15, -0.1) is 0 Å². The molecule has 0 unspecified atom stereocenters. The van der Waals surface area contributed by atoms with Crippen LogP contribution in [0.3, 0.4) is 0 Å². The summed E-state index contributed by atoms with van der Waals surface area (Å²) in [4.78, 5) is 15.8.